The maximum atomic E-state index is 12.2. The van der Waals surface area contributed by atoms with Gasteiger partial charge in [-0.05, 0) is 38.4 Å². The molecule has 0 atom stereocenters. The molecule has 0 unspecified atom stereocenters. The number of piperidine rings is 1. The standard InChI is InChI=1S/C16H24N2OS/c1-13-4-3-5-14(10-13)11-20-12-16(19)18(2)15-6-8-17-9-7-15/h3-5,10,15,17H,6-9,11-12H2,1-2H3. The topological polar surface area (TPSA) is 32.3 Å². The molecule has 1 heterocycles. The maximum Gasteiger partial charge on any atom is 0.232 e. The molecule has 1 fully saturated rings. The molecule has 20 heavy (non-hydrogen) atoms. The Morgan fingerprint density at radius 3 is 2.85 bits per heavy atom. The van der Waals surface area contributed by atoms with E-state index in [0.717, 1.165) is 31.7 Å². The Labute approximate surface area is 126 Å². The summed E-state index contributed by atoms with van der Waals surface area (Å²) in [6, 6.07) is 8.91. The molecule has 0 spiro atoms. The molecule has 1 aromatic rings. The fourth-order valence-electron chi connectivity index (χ4n) is 2.56. The molecule has 0 radical (unpaired) electrons. The number of nitrogens with one attached hydrogen (secondary N) is 1. The third-order valence-electron chi connectivity index (χ3n) is 3.83. The second kappa shape index (κ2) is 7.70. The Morgan fingerprint density at radius 1 is 1.40 bits per heavy atom. The monoisotopic (exact) mass is 292 g/mol. The van der Waals surface area contributed by atoms with Gasteiger partial charge in [0.1, 0.15) is 0 Å². The highest BCUT2D eigenvalue weighted by molar-refractivity contribution is 7.99. The highest BCUT2D eigenvalue weighted by Crippen LogP contribution is 2.16. The lowest BCUT2D eigenvalue weighted by atomic mass is 10.1. The minimum absolute atomic E-state index is 0.259. The van der Waals surface area contributed by atoms with E-state index in [0.29, 0.717) is 11.8 Å². The molecular formula is C16H24N2OS. The first-order valence-electron chi connectivity index (χ1n) is 7.26. The summed E-state index contributed by atoms with van der Waals surface area (Å²) in [5.41, 5.74) is 2.58. The Morgan fingerprint density at radius 2 is 2.15 bits per heavy atom. The van der Waals surface area contributed by atoms with Crippen LogP contribution in [-0.2, 0) is 10.5 Å². The van der Waals surface area contributed by atoms with Crippen LogP contribution in [-0.4, -0.2) is 42.7 Å². The number of hydrogen-bond acceptors (Lipinski definition) is 3. The van der Waals surface area contributed by atoms with Gasteiger partial charge in [-0.25, -0.2) is 0 Å². The van der Waals surface area contributed by atoms with Gasteiger partial charge in [0.15, 0.2) is 0 Å². The number of rotatable bonds is 5. The predicted octanol–water partition coefficient (Wildman–Crippen LogP) is 2.44. The number of aryl methyl sites for hydroxylation is 1. The molecule has 0 aromatic heterocycles. The quantitative estimate of drug-likeness (QED) is 0.904. The first kappa shape index (κ1) is 15.4. The third kappa shape index (κ3) is 4.53. The summed E-state index contributed by atoms with van der Waals surface area (Å²) in [6.07, 6.45) is 2.15. The average molecular weight is 292 g/mol. The van der Waals surface area contributed by atoms with Crippen molar-refractivity contribution in [3.8, 4) is 0 Å². The van der Waals surface area contributed by atoms with Crippen molar-refractivity contribution >= 4 is 17.7 Å². The molecule has 4 heteroatoms. The Kier molecular flexibility index (Phi) is 5.92. The van der Waals surface area contributed by atoms with Crippen LogP contribution in [0.25, 0.3) is 0 Å². The third-order valence-corrected chi connectivity index (χ3v) is 4.82. The van der Waals surface area contributed by atoms with Gasteiger partial charge < -0.3 is 10.2 Å². The molecule has 1 N–H and O–H groups in total. The molecule has 0 bridgehead atoms. The van der Waals surface area contributed by atoms with Gasteiger partial charge in [-0.2, -0.15) is 0 Å². The van der Waals surface area contributed by atoms with E-state index in [1.807, 2.05) is 11.9 Å². The van der Waals surface area contributed by atoms with Crippen molar-refractivity contribution < 1.29 is 4.79 Å². The van der Waals surface area contributed by atoms with Gasteiger partial charge in [0.2, 0.25) is 5.91 Å². The van der Waals surface area contributed by atoms with Crippen molar-refractivity contribution in [2.75, 3.05) is 25.9 Å². The molecule has 1 aliphatic rings. The molecule has 3 nitrogen and oxygen atoms in total. The predicted molar refractivity (Wildman–Crippen MR) is 86.0 cm³/mol. The Balaban J connectivity index is 1.74. The second-order valence-electron chi connectivity index (χ2n) is 5.47. The van der Waals surface area contributed by atoms with E-state index in [1.54, 1.807) is 11.8 Å². The molecule has 110 valence electrons. The molecule has 1 saturated heterocycles. The van der Waals surface area contributed by atoms with E-state index in [-0.39, 0.29) is 5.91 Å². The molecule has 0 aliphatic carbocycles. The summed E-state index contributed by atoms with van der Waals surface area (Å²) in [5, 5.41) is 3.34. The van der Waals surface area contributed by atoms with Gasteiger partial charge in [-0.3, -0.25) is 4.79 Å². The molecule has 1 amide bonds. The second-order valence-corrected chi connectivity index (χ2v) is 6.45. The number of amides is 1. The highest BCUT2D eigenvalue weighted by Gasteiger charge is 2.21. The number of carbonyl (C=O) groups excluding carboxylic acids is 1. The van der Waals surface area contributed by atoms with Crippen LogP contribution in [0.5, 0.6) is 0 Å². The number of thioether (sulfide) groups is 1. The van der Waals surface area contributed by atoms with E-state index in [2.05, 4.69) is 36.5 Å². The molecule has 0 saturated carbocycles. The lowest BCUT2D eigenvalue weighted by molar-refractivity contribution is -0.129. The lowest BCUT2D eigenvalue weighted by Gasteiger charge is -2.31. The molecule has 1 aliphatic heterocycles. The van der Waals surface area contributed by atoms with Crippen LogP contribution in [0.15, 0.2) is 24.3 Å². The van der Waals surface area contributed by atoms with Crippen molar-refractivity contribution in [1.29, 1.82) is 0 Å². The zero-order valence-electron chi connectivity index (χ0n) is 12.4. The van der Waals surface area contributed by atoms with Gasteiger partial charge in [-0.1, -0.05) is 29.8 Å². The van der Waals surface area contributed by atoms with Gasteiger partial charge in [0.05, 0.1) is 5.75 Å². The number of hydrogen-bond donors (Lipinski definition) is 1. The molecule has 2 rings (SSSR count). The molecular weight excluding hydrogens is 268 g/mol. The van der Waals surface area contributed by atoms with Crippen molar-refractivity contribution in [3.05, 3.63) is 35.4 Å². The van der Waals surface area contributed by atoms with Gasteiger partial charge >= 0.3 is 0 Å². The van der Waals surface area contributed by atoms with Crippen LogP contribution >= 0.6 is 11.8 Å². The van der Waals surface area contributed by atoms with Gasteiger partial charge in [0, 0.05) is 18.8 Å². The first-order valence-corrected chi connectivity index (χ1v) is 8.42. The summed E-state index contributed by atoms with van der Waals surface area (Å²) in [5.74, 6) is 1.75. The fourth-order valence-corrected chi connectivity index (χ4v) is 3.45. The van der Waals surface area contributed by atoms with E-state index in [1.165, 1.54) is 11.1 Å². The van der Waals surface area contributed by atoms with E-state index < -0.39 is 0 Å². The van der Waals surface area contributed by atoms with Crippen LogP contribution in [0.1, 0.15) is 24.0 Å². The van der Waals surface area contributed by atoms with Crippen molar-refractivity contribution in [2.24, 2.45) is 0 Å². The minimum atomic E-state index is 0.259. The average Bonchev–Trinajstić information content (AvgIpc) is 2.47. The zero-order valence-corrected chi connectivity index (χ0v) is 13.2. The van der Waals surface area contributed by atoms with E-state index in [9.17, 15) is 4.79 Å². The first-order chi connectivity index (χ1) is 9.66. The van der Waals surface area contributed by atoms with E-state index in [4.69, 9.17) is 0 Å². The van der Waals surface area contributed by atoms with Crippen LogP contribution in [0.2, 0.25) is 0 Å². The van der Waals surface area contributed by atoms with Gasteiger partial charge in [0.25, 0.3) is 0 Å². The van der Waals surface area contributed by atoms with Crippen molar-refractivity contribution in [3.63, 3.8) is 0 Å². The Hall–Kier alpha value is -1.00. The minimum Gasteiger partial charge on any atom is -0.342 e. The summed E-state index contributed by atoms with van der Waals surface area (Å²) >= 11 is 1.71. The maximum absolute atomic E-state index is 12.2. The lowest BCUT2D eigenvalue weighted by Crippen LogP contribution is -2.44. The van der Waals surface area contributed by atoms with Crippen molar-refractivity contribution in [1.82, 2.24) is 10.2 Å². The zero-order chi connectivity index (χ0) is 14.4. The van der Waals surface area contributed by atoms with Gasteiger partial charge in [-0.15, -0.1) is 11.8 Å². The summed E-state index contributed by atoms with van der Waals surface area (Å²) in [6.45, 7) is 4.15. The normalized spacial score (nSPS) is 16.1. The van der Waals surface area contributed by atoms with E-state index >= 15 is 0 Å². The SMILES string of the molecule is Cc1cccc(CSCC(=O)N(C)C2CCNCC2)c1. The fraction of sp³-hybridized carbons (Fsp3) is 0.562. The summed E-state index contributed by atoms with van der Waals surface area (Å²) < 4.78 is 0. The van der Waals surface area contributed by atoms with Crippen LogP contribution < -0.4 is 5.32 Å². The smallest absolute Gasteiger partial charge is 0.232 e. The van der Waals surface area contributed by atoms with Crippen LogP contribution in [0.4, 0.5) is 0 Å². The largest absolute Gasteiger partial charge is 0.342 e. The van der Waals surface area contributed by atoms with Crippen LogP contribution in [0, 0.1) is 6.92 Å². The summed E-state index contributed by atoms with van der Waals surface area (Å²) in [4.78, 5) is 14.1. The summed E-state index contributed by atoms with van der Waals surface area (Å²) in [7, 11) is 1.95. The number of nitrogens with zero attached hydrogens (tertiary/aromatic N) is 1. The number of carbonyl (C=O) groups is 1. The Bertz CT molecular complexity index is 444. The number of benzene rings is 1. The highest BCUT2D eigenvalue weighted by atomic mass is 32.2. The van der Waals surface area contributed by atoms with Crippen LogP contribution in [0.3, 0.4) is 0 Å². The van der Waals surface area contributed by atoms with Crippen molar-refractivity contribution in [2.45, 2.75) is 31.6 Å². The molecule has 1 aromatic carbocycles.